The number of hydrogen-bond donors (Lipinski definition) is 1. The fourth-order valence-corrected chi connectivity index (χ4v) is 2.31. The molecule has 2 rings (SSSR count). The fourth-order valence-electron chi connectivity index (χ4n) is 2.31. The van der Waals surface area contributed by atoms with Gasteiger partial charge in [-0.2, -0.15) is 0 Å². The third kappa shape index (κ3) is 5.25. The normalized spacial score (nSPS) is 10.1. The molecular weight excluding hydrogens is 288 g/mol. The van der Waals surface area contributed by atoms with E-state index in [2.05, 4.69) is 5.32 Å². The third-order valence-electron chi connectivity index (χ3n) is 3.61. The Hall–Kier alpha value is -2.62. The molecule has 2 aromatic carbocycles. The molecular formula is C19H22N2O2. The van der Waals surface area contributed by atoms with Gasteiger partial charge in [-0.15, -0.1) is 0 Å². The van der Waals surface area contributed by atoms with Crippen LogP contribution in [0.15, 0.2) is 60.7 Å². The molecule has 0 fully saturated rings. The Labute approximate surface area is 137 Å². The lowest BCUT2D eigenvalue weighted by Crippen LogP contribution is -2.34. The van der Waals surface area contributed by atoms with E-state index in [9.17, 15) is 9.59 Å². The molecule has 2 aromatic rings. The maximum Gasteiger partial charge on any atom is 0.251 e. The average molecular weight is 310 g/mol. The van der Waals surface area contributed by atoms with Crippen LogP contribution in [0.3, 0.4) is 0 Å². The Morgan fingerprint density at radius 2 is 1.57 bits per heavy atom. The summed E-state index contributed by atoms with van der Waals surface area (Å²) in [4.78, 5) is 26.0. The van der Waals surface area contributed by atoms with Crippen molar-refractivity contribution in [3.8, 4) is 0 Å². The van der Waals surface area contributed by atoms with Crippen LogP contribution in [0.5, 0.6) is 0 Å². The zero-order valence-electron chi connectivity index (χ0n) is 13.4. The van der Waals surface area contributed by atoms with E-state index in [0.717, 1.165) is 5.56 Å². The van der Waals surface area contributed by atoms with Crippen LogP contribution in [-0.2, 0) is 11.3 Å². The highest BCUT2D eigenvalue weighted by Crippen LogP contribution is 2.06. The third-order valence-corrected chi connectivity index (χ3v) is 3.61. The molecule has 1 N–H and O–H groups in total. The predicted octanol–water partition coefficient (Wildman–Crippen LogP) is 2.86. The van der Waals surface area contributed by atoms with Gasteiger partial charge in [-0.25, -0.2) is 0 Å². The van der Waals surface area contributed by atoms with Crippen LogP contribution in [0, 0.1) is 0 Å². The van der Waals surface area contributed by atoms with Crippen molar-refractivity contribution in [2.24, 2.45) is 0 Å². The largest absolute Gasteiger partial charge is 0.352 e. The van der Waals surface area contributed by atoms with Crippen molar-refractivity contribution in [1.29, 1.82) is 0 Å². The van der Waals surface area contributed by atoms with Crippen LogP contribution in [0.25, 0.3) is 0 Å². The minimum atomic E-state index is -0.149. The summed E-state index contributed by atoms with van der Waals surface area (Å²) in [5.41, 5.74) is 1.72. The minimum absolute atomic E-state index is 0.0460. The Morgan fingerprint density at radius 3 is 2.17 bits per heavy atom. The van der Waals surface area contributed by atoms with Crippen LogP contribution >= 0.6 is 0 Å². The molecule has 120 valence electrons. The molecule has 0 saturated carbocycles. The first kappa shape index (κ1) is 16.7. The molecule has 23 heavy (non-hydrogen) atoms. The zero-order chi connectivity index (χ0) is 16.5. The first-order valence-electron chi connectivity index (χ1n) is 7.85. The molecule has 0 aliphatic carbocycles. The maximum atomic E-state index is 12.3. The SMILES string of the molecule is CCN(Cc1ccccc1)C(=O)CCNC(=O)c1ccccc1. The van der Waals surface area contributed by atoms with Crippen LogP contribution in [-0.4, -0.2) is 29.8 Å². The number of hydrogen-bond acceptors (Lipinski definition) is 2. The molecule has 4 nitrogen and oxygen atoms in total. The van der Waals surface area contributed by atoms with E-state index in [1.54, 1.807) is 17.0 Å². The van der Waals surface area contributed by atoms with E-state index >= 15 is 0 Å². The summed E-state index contributed by atoms with van der Waals surface area (Å²) in [5.74, 6) is -0.103. The van der Waals surface area contributed by atoms with Crippen LogP contribution in [0.1, 0.15) is 29.3 Å². The number of rotatable bonds is 7. The first-order chi connectivity index (χ1) is 11.2. The predicted molar refractivity (Wildman–Crippen MR) is 90.9 cm³/mol. The summed E-state index contributed by atoms with van der Waals surface area (Å²) in [6.07, 6.45) is 0.305. The van der Waals surface area contributed by atoms with Gasteiger partial charge in [0.25, 0.3) is 5.91 Å². The summed E-state index contributed by atoms with van der Waals surface area (Å²) in [7, 11) is 0. The van der Waals surface area contributed by atoms with Gasteiger partial charge >= 0.3 is 0 Å². The molecule has 0 atom stereocenters. The number of carbonyl (C=O) groups excluding carboxylic acids is 2. The number of benzene rings is 2. The van der Waals surface area contributed by atoms with E-state index in [1.807, 2.05) is 55.5 Å². The molecule has 0 spiro atoms. The molecule has 2 amide bonds. The standard InChI is InChI=1S/C19H22N2O2/c1-2-21(15-16-9-5-3-6-10-16)18(22)13-14-20-19(23)17-11-7-4-8-12-17/h3-12H,2,13-15H2,1H3,(H,20,23). The van der Waals surface area contributed by atoms with Gasteiger partial charge in [-0.05, 0) is 24.6 Å². The number of carbonyl (C=O) groups is 2. The smallest absolute Gasteiger partial charge is 0.251 e. The van der Waals surface area contributed by atoms with Crippen molar-refractivity contribution < 1.29 is 9.59 Å². The van der Waals surface area contributed by atoms with Crippen molar-refractivity contribution in [2.75, 3.05) is 13.1 Å². The van der Waals surface area contributed by atoms with Crippen LogP contribution < -0.4 is 5.32 Å². The highest BCUT2D eigenvalue weighted by Gasteiger charge is 2.12. The lowest BCUT2D eigenvalue weighted by atomic mass is 10.2. The van der Waals surface area contributed by atoms with E-state index in [4.69, 9.17) is 0 Å². The van der Waals surface area contributed by atoms with Crippen molar-refractivity contribution in [2.45, 2.75) is 19.9 Å². The molecule has 0 aliphatic rings. The van der Waals surface area contributed by atoms with E-state index in [1.165, 1.54) is 0 Å². The fraction of sp³-hybridized carbons (Fsp3) is 0.263. The molecule has 0 saturated heterocycles. The minimum Gasteiger partial charge on any atom is -0.352 e. The summed E-state index contributed by atoms with van der Waals surface area (Å²) < 4.78 is 0. The van der Waals surface area contributed by atoms with Crippen LogP contribution in [0.4, 0.5) is 0 Å². The maximum absolute atomic E-state index is 12.3. The second-order valence-corrected chi connectivity index (χ2v) is 5.27. The lowest BCUT2D eigenvalue weighted by molar-refractivity contribution is -0.131. The van der Waals surface area contributed by atoms with E-state index in [0.29, 0.717) is 31.6 Å². The number of nitrogens with one attached hydrogen (secondary N) is 1. The number of nitrogens with zero attached hydrogens (tertiary/aromatic N) is 1. The van der Waals surface area contributed by atoms with Crippen LogP contribution in [0.2, 0.25) is 0 Å². The molecule has 4 heteroatoms. The van der Waals surface area contributed by atoms with Gasteiger partial charge in [0.05, 0.1) is 0 Å². The zero-order valence-corrected chi connectivity index (χ0v) is 13.4. The van der Waals surface area contributed by atoms with Gasteiger partial charge in [0.2, 0.25) is 5.91 Å². The van der Waals surface area contributed by atoms with Gasteiger partial charge in [-0.3, -0.25) is 9.59 Å². The summed E-state index contributed by atoms with van der Waals surface area (Å²) in [6, 6.07) is 18.9. The Morgan fingerprint density at radius 1 is 0.957 bits per heavy atom. The van der Waals surface area contributed by atoms with Crippen molar-refractivity contribution in [1.82, 2.24) is 10.2 Å². The second kappa shape index (κ2) is 8.73. The molecule has 0 heterocycles. The van der Waals surface area contributed by atoms with Gasteiger partial charge in [-0.1, -0.05) is 48.5 Å². The highest BCUT2D eigenvalue weighted by atomic mass is 16.2. The topological polar surface area (TPSA) is 49.4 Å². The first-order valence-corrected chi connectivity index (χ1v) is 7.85. The number of amides is 2. The highest BCUT2D eigenvalue weighted by molar-refractivity contribution is 5.94. The van der Waals surface area contributed by atoms with E-state index < -0.39 is 0 Å². The van der Waals surface area contributed by atoms with Gasteiger partial charge in [0.15, 0.2) is 0 Å². The molecule has 0 unspecified atom stereocenters. The molecule has 0 radical (unpaired) electrons. The average Bonchev–Trinajstić information content (AvgIpc) is 2.61. The molecule has 0 aliphatic heterocycles. The summed E-state index contributed by atoms with van der Waals surface area (Å²) in [6.45, 7) is 3.56. The van der Waals surface area contributed by atoms with Crippen molar-refractivity contribution in [3.05, 3.63) is 71.8 Å². The Balaban J connectivity index is 1.80. The van der Waals surface area contributed by atoms with Gasteiger partial charge in [0.1, 0.15) is 0 Å². The summed E-state index contributed by atoms with van der Waals surface area (Å²) in [5, 5.41) is 2.79. The lowest BCUT2D eigenvalue weighted by Gasteiger charge is -2.21. The van der Waals surface area contributed by atoms with Crippen molar-refractivity contribution >= 4 is 11.8 Å². The molecule has 0 aromatic heterocycles. The van der Waals surface area contributed by atoms with Gasteiger partial charge in [0, 0.05) is 31.6 Å². The molecule has 0 bridgehead atoms. The van der Waals surface area contributed by atoms with Crippen molar-refractivity contribution in [3.63, 3.8) is 0 Å². The Bertz CT molecular complexity index is 626. The van der Waals surface area contributed by atoms with Gasteiger partial charge < -0.3 is 10.2 Å². The second-order valence-electron chi connectivity index (χ2n) is 5.27. The quantitative estimate of drug-likeness (QED) is 0.855. The monoisotopic (exact) mass is 310 g/mol. The van der Waals surface area contributed by atoms with E-state index in [-0.39, 0.29) is 11.8 Å². The summed E-state index contributed by atoms with van der Waals surface area (Å²) >= 11 is 0. The Kier molecular flexibility index (Phi) is 6.36.